The first-order chi connectivity index (χ1) is 10.1. The number of likely N-dealkylation sites (N-methyl/N-ethyl adjacent to an activating group) is 1. The highest BCUT2D eigenvalue weighted by atomic mass is 16.4. The minimum Gasteiger partial charge on any atom is -0.481 e. The molecule has 0 aromatic heterocycles. The molecule has 6 nitrogen and oxygen atoms in total. The zero-order chi connectivity index (χ0) is 15.2. The van der Waals surface area contributed by atoms with Crippen molar-refractivity contribution in [3.63, 3.8) is 0 Å². The molecule has 1 saturated heterocycles. The second kappa shape index (κ2) is 7.08. The Hall–Kier alpha value is -2.08. The minimum absolute atomic E-state index is 0.102. The summed E-state index contributed by atoms with van der Waals surface area (Å²) in [5.41, 5.74) is 0.698. The molecule has 0 saturated carbocycles. The van der Waals surface area contributed by atoms with Gasteiger partial charge in [-0.3, -0.25) is 4.79 Å². The van der Waals surface area contributed by atoms with Crippen LogP contribution in [0.25, 0.3) is 0 Å². The van der Waals surface area contributed by atoms with Gasteiger partial charge in [-0.05, 0) is 12.6 Å². The number of carbonyl (C=O) groups excluding carboxylic acids is 1. The van der Waals surface area contributed by atoms with Gasteiger partial charge in [-0.15, -0.1) is 0 Å². The number of carboxylic acids is 1. The Bertz CT molecular complexity index is 484. The zero-order valence-corrected chi connectivity index (χ0v) is 12.2. The highest BCUT2D eigenvalue weighted by Gasteiger charge is 2.23. The van der Waals surface area contributed by atoms with E-state index in [1.807, 2.05) is 13.1 Å². The van der Waals surface area contributed by atoms with Gasteiger partial charge in [-0.25, -0.2) is 4.79 Å². The molecule has 1 fully saturated rings. The molecule has 1 aliphatic rings. The molecule has 2 N–H and O–H groups in total. The van der Waals surface area contributed by atoms with E-state index in [0.717, 1.165) is 13.1 Å². The third-order valence-electron chi connectivity index (χ3n) is 3.75. The van der Waals surface area contributed by atoms with E-state index in [1.165, 1.54) is 0 Å². The predicted molar refractivity (Wildman–Crippen MR) is 79.3 cm³/mol. The molecule has 0 radical (unpaired) electrons. The van der Waals surface area contributed by atoms with Crippen molar-refractivity contribution in [2.24, 2.45) is 0 Å². The molecule has 1 aromatic rings. The van der Waals surface area contributed by atoms with Crippen molar-refractivity contribution in [1.82, 2.24) is 15.1 Å². The van der Waals surface area contributed by atoms with Crippen LogP contribution in [0, 0.1) is 0 Å². The van der Waals surface area contributed by atoms with Crippen LogP contribution in [0.4, 0.5) is 4.79 Å². The van der Waals surface area contributed by atoms with Gasteiger partial charge in [-0.2, -0.15) is 0 Å². The Morgan fingerprint density at radius 3 is 2.38 bits per heavy atom. The molecule has 6 heteroatoms. The number of carboxylic acid groups (broad SMARTS) is 1. The Balaban J connectivity index is 1.90. The van der Waals surface area contributed by atoms with Gasteiger partial charge in [0.2, 0.25) is 0 Å². The SMILES string of the molecule is CN1CCN(C(=O)NCC(C(=O)O)c2ccccc2)CC1. The van der Waals surface area contributed by atoms with Gasteiger partial charge in [0.15, 0.2) is 0 Å². The molecule has 114 valence electrons. The minimum atomic E-state index is -0.931. The summed E-state index contributed by atoms with van der Waals surface area (Å²) in [5.74, 6) is -1.65. The lowest BCUT2D eigenvalue weighted by Crippen LogP contribution is -2.51. The smallest absolute Gasteiger partial charge is 0.317 e. The van der Waals surface area contributed by atoms with E-state index in [4.69, 9.17) is 0 Å². The van der Waals surface area contributed by atoms with Crippen LogP contribution < -0.4 is 5.32 Å². The van der Waals surface area contributed by atoms with Gasteiger partial charge in [0, 0.05) is 32.7 Å². The molecule has 1 heterocycles. The van der Waals surface area contributed by atoms with Gasteiger partial charge in [0.05, 0.1) is 5.92 Å². The number of benzene rings is 1. The van der Waals surface area contributed by atoms with Gasteiger partial charge in [-0.1, -0.05) is 30.3 Å². The number of hydrogen-bond acceptors (Lipinski definition) is 3. The van der Waals surface area contributed by atoms with Crippen molar-refractivity contribution in [1.29, 1.82) is 0 Å². The van der Waals surface area contributed by atoms with Crippen LogP contribution in [-0.4, -0.2) is 66.7 Å². The van der Waals surface area contributed by atoms with Crippen molar-refractivity contribution in [2.45, 2.75) is 5.92 Å². The summed E-state index contributed by atoms with van der Waals surface area (Å²) in [6.45, 7) is 3.13. The molecule has 0 spiro atoms. The van der Waals surface area contributed by atoms with Gasteiger partial charge < -0.3 is 20.2 Å². The van der Waals surface area contributed by atoms with Crippen LogP contribution in [0.15, 0.2) is 30.3 Å². The normalized spacial score (nSPS) is 17.3. The average Bonchev–Trinajstić information content (AvgIpc) is 2.48. The second-order valence-corrected chi connectivity index (χ2v) is 5.28. The summed E-state index contributed by atoms with van der Waals surface area (Å²) < 4.78 is 0. The lowest BCUT2D eigenvalue weighted by atomic mass is 9.99. The summed E-state index contributed by atoms with van der Waals surface area (Å²) in [6.07, 6.45) is 0. The second-order valence-electron chi connectivity index (χ2n) is 5.28. The van der Waals surface area contributed by atoms with Crippen molar-refractivity contribution in [2.75, 3.05) is 39.8 Å². The number of piperazine rings is 1. The summed E-state index contributed by atoms with van der Waals surface area (Å²) in [4.78, 5) is 27.3. The maximum Gasteiger partial charge on any atom is 0.317 e. The third-order valence-corrected chi connectivity index (χ3v) is 3.75. The van der Waals surface area contributed by atoms with Crippen LogP contribution in [0.5, 0.6) is 0 Å². The molecular formula is C15H21N3O3. The average molecular weight is 291 g/mol. The number of urea groups is 1. The van der Waals surface area contributed by atoms with Crippen molar-refractivity contribution in [3.05, 3.63) is 35.9 Å². The van der Waals surface area contributed by atoms with E-state index in [9.17, 15) is 14.7 Å². The van der Waals surface area contributed by atoms with Gasteiger partial charge >= 0.3 is 12.0 Å². The fourth-order valence-electron chi connectivity index (χ4n) is 2.34. The van der Waals surface area contributed by atoms with E-state index >= 15 is 0 Å². The molecule has 2 amide bonds. The van der Waals surface area contributed by atoms with Crippen molar-refractivity contribution >= 4 is 12.0 Å². The topological polar surface area (TPSA) is 72.9 Å². The molecular weight excluding hydrogens is 270 g/mol. The largest absolute Gasteiger partial charge is 0.481 e. The van der Waals surface area contributed by atoms with Crippen LogP contribution in [0.3, 0.4) is 0 Å². The lowest BCUT2D eigenvalue weighted by molar-refractivity contribution is -0.138. The molecule has 1 atom stereocenters. The van der Waals surface area contributed by atoms with Crippen molar-refractivity contribution < 1.29 is 14.7 Å². The van der Waals surface area contributed by atoms with Crippen LogP contribution in [-0.2, 0) is 4.79 Å². The predicted octanol–water partition coefficient (Wildman–Crippen LogP) is 0.812. The van der Waals surface area contributed by atoms with Crippen molar-refractivity contribution in [3.8, 4) is 0 Å². The fraction of sp³-hybridized carbons (Fsp3) is 0.467. The molecule has 2 rings (SSSR count). The van der Waals surface area contributed by atoms with Crippen LogP contribution in [0.2, 0.25) is 0 Å². The summed E-state index contributed by atoms with van der Waals surface area (Å²) in [5, 5.41) is 12.0. The number of amides is 2. The highest BCUT2D eigenvalue weighted by Crippen LogP contribution is 2.15. The van der Waals surface area contributed by atoms with Crippen LogP contribution >= 0.6 is 0 Å². The zero-order valence-electron chi connectivity index (χ0n) is 12.2. The van der Waals surface area contributed by atoms with Gasteiger partial charge in [0.25, 0.3) is 0 Å². The lowest BCUT2D eigenvalue weighted by Gasteiger charge is -2.32. The first-order valence-corrected chi connectivity index (χ1v) is 7.07. The monoisotopic (exact) mass is 291 g/mol. The molecule has 1 unspecified atom stereocenters. The fourth-order valence-corrected chi connectivity index (χ4v) is 2.34. The van der Waals surface area contributed by atoms with Gasteiger partial charge in [0.1, 0.15) is 0 Å². The summed E-state index contributed by atoms with van der Waals surface area (Å²) >= 11 is 0. The highest BCUT2D eigenvalue weighted by molar-refractivity contribution is 5.79. The summed E-state index contributed by atoms with van der Waals surface area (Å²) in [7, 11) is 2.02. The molecule has 0 aliphatic carbocycles. The Morgan fingerprint density at radius 2 is 1.81 bits per heavy atom. The maximum absolute atomic E-state index is 12.1. The Morgan fingerprint density at radius 1 is 1.19 bits per heavy atom. The Labute approximate surface area is 124 Å². The quantitative estimate of drug-likeness (QED) is 0.861. The first-order valence-electron chi connectivity index (χ1n) is 7.07. The summed E-state index contributed by atoms with van der Waals surface area (Å²) in [6, 6.07) is 8.78. The standard InChI is InChI=1S/C15H21N3O3/c1-17-7-9-18(10-8-17)15(21)16-11-13(14(19)20)12-5-3-2-4-6-12/h2-6,13H,7-11H2,1H3,(H,16,21)(H,19,20). The van der Waals surface area contributed by atoms with E-state index < -0.39 is 11.9 Å². The number of aliphatic carboxylic acids is 1. The maximum atomic E-state index is 12.1. The third kappa shape index (κ3) is 4.19. The van der Waals surface area contributed by atoms with Crippen LogP contribution in [0.1, 0.15) is 11.5 Å². The molecule has 21 heavy (non-hydrogen) atoms. The van der Waals surface area contributed by atoms with E-state index in [1.54, 1.807) is 29.2 Å². The molecule has 1 aliphatic heterocycles. The first kappa shape index (κ1) is 15.3. The number of nitrogens with one attached hydrogen (secondary N) is 1. The van der Waals surface area contributed by atoms with E-state index in [0.29, 0.717) is 18.7 Å². The Kier molecular flexibility index (Phi) is 5.16. The van der Waals surface area contributed by atoms with E-state index in [-0.39, 0.29) is 12.6 Å². The number of nitrogens with zero attached hydrogens (tertiary/aromatic N) is 2. The molecule has 0 bridgehead atoms. The number of carbonyl (C=O) groups is 2. The number of hydrogen-bond donors (Lipinski definition) is 2. The van der Waals surface area contributed by atoms with E-state index in [2.05, 4.69) is 10.2 Å². The molecule has 1 aromatic carbocycles. The number of rotatable bonds is 4.